The quantitative estimate of drug-likeness (QED) is 0.614. The molecule has 0 aliphatic heterocycles. The second-order valence-corrected chi connectivity index (χ2v) is 4.19. The van der Waals surface area contributed by atoms with E-state index < -0.39 is 0 Å². The minimum absolute atomic E-state index is 0.748. The largest absolute Gasteiger partial charge is 0.253 e. The fourth-order valence-electron chi connectivity index (χ4n) is 1.93. The van der Waals surface area contributed by atoms with Crippen molar-refractivity contribution in [3.8, 4) is 11.8 Å². The molecule has 0 radical (unpaired) electrons. The Morgan fingerprint density at radius 3 is 2.58 bits per heavy atom. The molecule has 2 aromatic carbocycles. The smallest absolute Gasteiger partial charge is 0.104 e. The molecule has 3 aromatic rings. The lowest BCUT2D eigenvalue weighted by Crippen LogP contribution is -1.86. The summed E-state index contributed by atoms with van der Waals surface area (Å²) in [6.45, 7) is 0. The monoisotopic (exact) mass is 244 g/mol. The summed E-state index contributed by atoms with van der Waals surface area (Å²) >= 11 is 0. The average Bonchev–Trinajstić information content (AvgIpc) is 2.49. The summed E-state index contributed by atoms with van der Waals surface area (Å²) < 4.78 is 0. The number of fused-ring (bicyclic) bond motifs is 1. The van der Waals surface area contributed by atoms with Gasteiger partial charge in [-0.25, -0.2) is 0 Å². The van der Waals surface area contributed by atoms with Gasteiger partial charge < -0.3 is 0 Å². The predicted molar refractivity (Wildman–Crippen MR) is 76.6 cm³/mol. The summed E-state index contributed by atoms with van der Waals surface area (Å²) in [5, 5.41) is 0. The molecule has 0 N–H and O–H groups in total. The Bertz CT molecular complexity index is 747. The molecule has 0 unspecified atom stereocenters. The van der Waals surface area contributed by atoms with Gasteiger partial charge in [-0.2, -0.15) is 0 Å². The molecule has 0 aliphatic carbocycles. The van der Waals surface area contributed by atoms with Crippen molar-refractivity contribution in [1.29, 1.82) is 0 Å². The topological polar surface area (TPSA) is 25.8 Å². The molecule has 2 heteroatoms. The van der Waals surface area contributed by atoms with Crippen LogP contribution in [0.25, 0.3) is 11.0 Å². The molecule has 0 aliphatic rings. The third kappa shape index (κ3) is 2.61. The van der Waals surface area contributed by atoms with Crippen molar-refractivity contribution in [2.24, 2.45) is 0 Å². The first-order chi connectivity index (χ1) is 9.43. The second kappa shape index (κ2) is 5.32. The van der Waals surface area contributed by atoms with Crippen LogP contribution in [0, 0.1) is 11.8 Å². The van der Waals surface area contributed by atoms with Gasteiger partial charge in [0.05, 0.1) is 11.1 Å². The van der Waals surface area contributed by atoms with Crippen LogP contribution in [0.2, 0.25) is 0 Å². The average molecular weight is 244 g/mol. The first kappa shape index (κ1) is 11.4. The van der Waals surface area contributed by atoms with E-state index >= 15 is 0 Å². The SMILES string of the molecule is C(#Cc1cccc2nccnc12)Cc1ccccc1. The van der Waals surface area contributed by atoms with Gasteiger partial charge in [-0.15, -0.1) is 0 Å². The maximum absolute atomic E-state index is 4.34. The normalized spacial score (nSPS) is 9.89. The van der Waals surface area contributed by atoms with Crippen LogP contribution < -0.4 is 0 Å². The van der Waals surface area contributed by atoms with E-state index in [9.17, 15) is 0 Å². The van der Waals surface area contributed by atoms with E-state index in [0.717, 1.165) is 23.0 Å². The van der Waals surface area contributed by atoms with Crippen LogP contribution >= 0.6 is 0 Å². The zero-order chi connectivity index (χ0) is 12.9. The zero-order valence-electron chi connectivity index (χ0n) is 10.4. The van der Waals surface area contributed by atoms with Crippen molar-refractivity contribution < 1.29 is 0 Å². The van der Waals surface area contributed by atoms with E-state index in [1.165, 1.54) is 5.56 Å². The number of benzene rings is 2. The van der Waals surface area contributed by atoms with Gasteiger partial charge in [0.25, 0.3) is 0 Å². The maximum Gasteiger partial charge on any atom is 0.104 e. The molecule has 1 aromatic heterocycles. The van der Waals surface area contributed by atoms with Crippen LogP contribution in [0.1, 0.15) is 11.1 Å². The van der Waals surface area contributed by atoms with Gasteiger partial charge >= 0.3 is 0 Å². The highest BCUT2D eigenvalue weighted by Gasteiger charge is 1.98. The van der Waals surface area contributed by atoms with Crippen LogP contribution in [-0.4, -0.2) is 9.97 Å². The van der Waals surface area contributed by atoms with Gasteiger partial charge in [-0.1, -0.05) is 48.2 Å². The van der Waals surface area contributed by atoms with Crippen LogP contribution in [0.3, 0.4) is 0 Å². The molecule has 3 rings (SSSR count). The third-order valence-corrected chi connectivity index (χ3v) is 2.86. The lowest BCUT2D eigenvalue weighted by atomic mass is 10.1. The third-order valence-electron chi connectivity index (χ3n) is 2.86. The minimum atomic E-state index is 0.748. The summed E-state index contributed by atoms with van der Waals surface area (Å²) in [7, 11) is 0. The van der Waals surface area contributed by atoms with Crippen LogP contribution in [-0.2, 0) is 6.42 Å². The molecule has 0 spiro atoms. The zero-order valence-corrected chi connectivity index (χ0v) is 10.4. The molecule has 1 heterocycles. The number of nitrogens with zero attached hydrogens (tertiary/aromatic N) is 2. The van der Waals surface area contributed by atoms with Gasteiger partial charge in [0.2, 0.25) is 0 Å². The highest BCUT2D eigenvalue weighted by molar-refractivity contribution is 5.80. The molecule has 2 nitrogen and oxygen atoms in total. The summed E-state index contributed by atoms with van der Waals surface area (Å²) in [5.41, 5.74) is 3.91. The molecular formula is C17H12N2. The first-order valence-electron chi connectivity index (χ1n) is 6.16. The molecule has 0 bridgehead atoms. The van der Waals surface area contributed by atoms with Crippen molar-refractivity contribution in [3.05, 3.63) is 72.1 Å². The minimum Gasteiger partial charge on any atom is -0.253 e. The van der Waals surface area contributed by atoms with E-state index in [0.29, 0.717) is 0 Å². The number of aromatic nitrogens is 2. The molecule has 90 valence electrons. The molecule has 0 saturated carbocycles. The van der Waals surface area contributed by atoms with Crippen molar-refractivity contribution >= 4 is 11.0 Å². The number of hydrogen-bond acceptors (Lipinski definition) is 2. The molecular weight excluding hydrogens is 232 g/mol. The standard InChI is InChI=1S/C17H12N2/c1-2-6-14(7-3-1)8-4-9-15-10-5-11-16-17(15)19-13-12-18-16/h1-3,5-7,10-13H,8H2. The number of rotatable bonds is 1. The Balaban J connectivity index is 1.90. The summed E-state index contributed by atoms with van der Waals surface area (Å²) in [6.07, 6.45) is 4.14. The van der Waals surface area contributed by atoms with Crippen molar-refractivity contribution in [1.82, 2.24) is 9.97 Å². The Hall–Kier alpha value is -2.66. The van der Waals surface area contributed by atoms with E-state index in [1.807, 2.05) is 36.4 Å². The van der Waals surface area contributed by atoms with Crippen LogP contribution in [0.4, 0.5) is 0 Å². The Morgan fingerprint density at radius 2 is 1.68 bits per heavy atom. The van der Waals surface area contributed by atoms with Crippen LogP contribution in [0.15, 0.2) is 60.9 Å². The van der Waals surface area contributed by atoms with E-state index in [1.54, 1.807) is 12.4 Å². The first-order valence-corrected chi connectivity index (χ1v) is 6.16. The van der Waals surface area contributed by atoms with Crippen molar-refractivity contribution in [2.45, 2.75) is 6.42 Å². The van der Waals surface area contributed by atoms with Gasteiger partial charge in [0.1, 0.15) is 5.52 Å². The lowest BCUT2D eigenvalue weighted by molar-refractivity contribution is 1.29. The van der Waals surface area contributed by atoms with Crippen molar-refractivity contribution in [2.75, 3.05) is 0 Å². The predicted octanol–water partition coefficient (Wildman–Crippen LogP) is 3.22. The Labute approximate surface area is 112 Å². The van der Waals surface area contributed by atoms with Gasteiger partial charge in [0.15, 0.2) is 0 Å². The highest BCUT2D eigenvalue weighted by atomic mass is 14.8. The fraction of sp³-hybridized carbons (Fsp3) is 0.0588. The van der Waals surface area contributed by atoms with E-state index in [2.05, 4.69) is 33.9 Å². The molecule has 0 amide bonds. The number of hydrogen-bond donors (Lipinski definition) is 0. The molecule has 0 atom stereocenters. The maximum atomic E-state index is 4.34. The van der Waals surface area contributed by atoms with Gasteiger partial charge in [-0.05, 0) is 17.7 Å². The molecule has 0 saturated heterocycles. The summed E-state index contributed by atoms with van der Waals surface area (Å²) in [6, 6.07) is 16.1. The summed E-state index contributed by atoms with van der Waals surface area (Å²) in [5.74, 6) is 6.38. The fourth-order valence-corrected chi connectivity index (χ4v) is 1.93. The van der Waals surface area contributed by atoms with Crippen molar-refractivity contribution in [3.63, 3.8) is 0 Å². The summed E-state index contributed by atoms with van der Waals surface area (Å²) in [4.78, 5) is 8.62. The Morgan fingerprint density at radius 1 is 0.842 bits per heavy atom. The molecule has 19 heavy (non-hydrogen) atoms. The lowest BCUT2D eigenvalue weighted by Gasteiger charge is -1.97. The Kier molecular flexibility index (Phi) is 3.20. The molecule has 0 fully saturated rings. The number of para-hydroxylation sites is 1. The van der Waals surface area contributed by atoms with E-state index in [4.69, 9.17) is 0 Å². The van der Waals surface area contributed by atoms with Gasteiger partial charge in [0, 0.05) is 18.8 Å². The van der Waals surface area contributed by atoms with E-state index in [-0.39, 0.29) is 0 Å². The van der Waals surface area contributed by atoms with Gasteiger partial charge in [-0.3, -0.25) is 9.97 Å². The second-order valence-electron chi connectivity index (χ2n) is 4.19. The highest BCUT2D eigenvalue weighted by Crippen LogP contribution is 2.12. The van der Waals surface area contributed by atoms with Crippen LogP contribution in [0.5, 0.6) is 0 Å².